The lowest BCUT2D eigenvalue weighted by molar-refractivity contribution is 0.306. The van der Waals surface area contributed by atoms with E-state index in [1.807, 2.05) is 6.92 Å². The minimum atomic E-state index is -1.88. The molecule has 1 aliphatic heterocycles. The first kappa shape index (κ1) is 9.12. The Morgan fingerprint density at radius 1 is 1.55 bits per heavy atom. The van der Waals surface area contributed by atoms with Crippen LogP contribution in [0.25, 0.3) is 0 Å². The number of piperidine rings is 1. The van der Waals surface area contributed by atoms with Gasteiger partial charge in [-0.2, -0.15) is 0 Å². The highest BCUT2D eigenvalue weighted by molar-refractivity contribution is 7.77. The van der Waals surface area contributed by atoms with Crippen LogP contribution in [0.15, 0.2) is 0 Å². The lowest BCUT2D eigenvalue weighted by atomic mass is 9.92. The molecule has 1 unspecified atom stereocenters. The van der Waals surface area contributed by atoms with E-state index in [1.165, 1.54) is 0 Å². The molecular weight excluding hydrogens is 164 g/mol. The first-order valence-corrected chi connectivity index (χ1v) is 4.82. The van der Waals surface area contributed by atoms with E-state index in [4.69, 9.17) is 4.55 Å². The van der Waals surface area contributed by atoms with Gasteiger partial charge in [-0.1, -0.05) is 0 Å². The van der Waals surface area contributed by atoms with Crippen LogP contribution >= 0.6 is 0 Å². The quantitative estimate of drug-likeness (QED) is 0.516. The highest BCUT2D eigenvalue weighted by Crippen LogP contribution is 2.16. The molecule has 1 rings (SSSR count). The van der Waals surface area contributed by atoms with E-state index >= 15 is 0 Å². The van der Waals surface area contributed by atoms with Crippen LogP contribution in [0, 0.1) is 0 Å². The third kappa shape index (κ3) is 2.86. The molecule has 0 aromatic carbocycles. The lowest BCUT2D eigenvalue weighted by Gasteiger charge is -2.33. The van der Waals surface area contributed by atoms with Crippen molar-refractivity contribution in [1.82, 2.24) is 10.0 Å². The molecule has 0 amide bonds. The molecule has 1 heterocycles. The summed E-state index contributed by atoms with van der Waals surface area (Å²) in [4.78, 5) is 0. The third-order valence-electron chi connectivity index (χ3n) is 2.04. The van der Waals surface area contributed by atoms with E-state index in [2.05, 4.69) is 10.0 Å². The average Bonchev–Trinajstić information content (AvgIpc) is 1.85. The summed E-state index contributed by atoms with van der Waals surface area (Å²) in [6, 6.07) is 0. The summed E-state index contributed by atoms with van der Waals surface area (Å²) in [6.45, 7) is 3.81. The van der Waals surface area contributed by atoms with Gasteiger partial charge >= 0.3 is 0 Å². The Labute approximate surface area is 69.2 Å². The second kappa shape index (κ2) is 3.62. The number of hydrogen-bond donors (Lipinski definition) is 3. The van der Waals surface area contributed by atoms with Crippen molar-refractivity contribution < 1.29 is 8.76 Å². The molecular formula is C6H14N2O2S. The van der Waals surface area contributed by atoms with Gasteiger partial charge in [-0.3, -0.25) is 4.55 Å². The molecule has 0 saturated carbocycles. The maximum atomic E-state index is 10.5. The van der Waals surface area contributed by atoms with Crippen LogP contribution in [0.4, 0.5) is 0 Å². The van der Waals surface area contributed by atoms with Crippen LogP contribution in [0.5, 0.6) is 0 Å². The molecule has 4 nitrogen and oxygen atoms in total. The third-order valence-corrected chi connectivity index (χ3v) is 2.71. The molecule has 0 radical (unpaired) electrons. The van der Waals surface area contributed by atoms with Gasteiger partial charge in [-0.25, -0.2) is 8.93 Å². The van der Waals surface area contributed by atoms with Gasteiger partial charge in [0.15, 0.2) is 0 Å². The van der Waals surface area contributed by atoms with E-state index in [9.17, 15) is 4.21 Å². The maximum absolute atomic E-state index is 10.5. The fourth-order valence-corrected chi connectivity index (χ4v) is 1.92. The Morgan fingerprint density at radius 3 is 2.55 bits per heavy atom. The predicted molar refractivity (Wildman–Crippen MR) is 44.4 cm³/mol. The molecule has 66 valence electrons. The minimum absolute atomic E-state index is 0.162. The summed E-state index contributed by atoms with van der Waals surface area (Å²) in [5.74, 6) is 0. The molecule has 0 aromatic rings. The normalized spacial score (nSPS) is 26.4. The minimum Gasteiger partial charge on any atom is -0.317 e. The molecule has 0 aliphatic carbocycles. The number of nitrogens with one attached hydrogen (secondary N) is 2. The first-order valence-electron chi connectivity index (χ1n) is 3.72. The van der Waals surface area contributed by atoms with Crippen molar-refractivity contribution in [2.75, 3.05) is 13.1 Å². The van der Waals surface area contributed by atoms with Crippen LogP contribution in [-0.2, 0) is 11.3 Å². The zero-order chi connectivity index (χ0) is 8.32. The lowest BCUT2D eigenvalue weighted by Crippen LogP contribution is -2.50. The monoisotopic (exact) mass is 178 g/mol. The number of hydrogen-bond acceptors (Lipinski definition) is 2. The van der Waals surface area contributed by atoms with Crippen LogP contribution in [0.1, 0.15) is 19.8 Å². The fraction of sp³-hybridized carbons (Fsp3) is 1.00. The first-order chi connectivity index (χ1) is 5.12. The SMILES string of the molecule is CC1(NS(=O)O)CCNCC1. The number of rotatable bonds is 2. The average molecular weight is 178 g/mol. The van der Waals surface area contributed by atoms with Gasteiger partial charge in [-0.05, 0) is 32.9 Å². The van der Waals surface area contributed by atoms with Crippen LogP contribution in [0.2, 0.25) is 0 Å². The molecule has 1 atom stereocenters. The van der Waals surface area contributed by atoms with Crippen molar-refractivity contribution in [2.45, 2.75) is 25.3 Å². The highest BCUT2D eigenvalue weighted by Gasteiger charge is 2.27. The maximum Gasteiger partial charge on any atom is 0.232 e. The Bertz CT molecular complexity index is 157. The van der Waals surface area contributed by atoms with Gasteiger partial charge in [0, 0.05) is 5.54 Å². The summed E-state index contributed by atoms with van der Waals surface area (Å²) in [6.07, 6.45) is 1.80. The van der Waals surface area contributed by atoms with Gasteiger partial charge < -0.3 is 5.32 Å². The second-order valence-electron chi connectivity index (χ2n) is 3.16. The van der Waals surface area contributed by atoms with Crippen molar-refractivity contribution in [2.24, 2.45) is 0 Å². The molecule has 1 saturated heterocycles. The molecule has 5 heteroatoms. The standard InChI is InChI=1S/C6H14N2O2S/c1-6(8-11(9)10)2-4-7-5-3-6/h7-8H,2-5H2,1H3,(H,9,10). The summed E-state index contributed by atoms with van der Waals surface area (Å²) in [5.41, 5.74) is -0.162. The van der Waals surface area contributed by atoms with Gasteiger partial charge in [0.25, 0.3) is 0 Å². The van der Waals surface area contributed by atoms with Crippen LogP contribution < -0.4 is 10.0 Å². The van der Waals surface area contributed by atoms with E-state index in [0.717, 1.165) is 25.9 Å². The molecule has 0 aromatic heterocycles. The Morgan fingerprint density at radius 2 is 2.09 bits per heavy atom. The molecule has 0 bridgehead atoms. The highest BCUT2D eigenvalue weighted by atomic mass is 32.2. The second-order valence-corrected chi connectivity index (χ2v) is 3.86. The van der Waals surface area contributed by atoms with E-state index < -0.39 is 11.3 Å². The van der Waals surface area contributed by atoms with Gasteiger partial charge in [0.1, 0.15) is 0 Å². The predicted octanol–water partition coefficient (Wildman–Crippen LogP) is -0.145. The zero-order valence-electron chi connectivity index (χ0n) is 6.59. The van der Waals surface area contributed by atoms with Crippen molar-refractivity contribution >= 4 is 11.3 Å². The smallest absolute Gasteiger partial charge is 0.232 e. The summed E-state index contributed by atoms with van der Waals surface area (Å²) in [7, 11) is 0. The van der Waals surface area contributed by atoms with Crippen LogP contribution in [0.3, 0.4) is 0 Å². The van der Waals surface area contributed by atoms with Crippen molar-refractivity contribution in [3.8, 4) is 0 Å². The summed E-state index contributed by atoms with van der Waals surface area (Å²) >= 11 is -1.88. The van der Waals surface area contributed by atoms with Gasteiger partial charge in [0.2, 0.25) is 11.3 Å². The van der Waals surface area contributed by atoms with Gasteiger partial charge in [-0.15, -0.1) is 0 Å². The van der Waals surface area contributed by atoms with Crippen molar-refractivity contribution in [3.05, 3.63) is 0 Å². The molecule has 3 N–H and O–H groups in total. The Kier molecular flexibility index (Phi) is 3.00. The zero-order valence-corrected chi connectivity index (χ0v) is 7.41. The van der Waals surface area contributed by atoms with Crippen LogP contribution in [-0.4, -0.2) is 27.4 Å². The van der Waals surface area contributed by atoms with E-state index in [1.54, 1.807) is 0 Å². The summed E-state index contributed by atoms with van der Waals surface area (Å²) < 4.78 is 21.7. The topological polar surface area (TPSA) is 61.4 Å². The Balaban J connectivity index is 2.43. The summed E-state index contributed by atoms with van der Waals surface area (Å²) in [5, 5.41) is 3.19. The fourth-order valence-electron chi connectivity index (χ4n) is 1.29. The van der Waals surface area contributed by atoms with Crippen molar-refractivity contribution in [3.63, 3.8) is 0 Å². The van der Waals surface area contributed by atoms with E-state index in [-0.39, 0.29) is 5.54 Å². The molecule has 1 aliphatic rings. The molecule has 1 fully saturated rings. The van der Waals surface area contributed by atoms with Gasteiger partial charge in [0.05, 0.1) is 0 Å². The molecule has 11 heavy (non-hydrogen) atoms. The largest absolute Gasteiger partial charge is 0.317 e. The van der Waals surface area contributed by atoms with Crippen molar-refractivity contribution in [1.29, 1.82) is 0 Å². The molecule has 0 spiro atoms. The van der Waals surface area contributed by atoms with E-state index in [0.29, 0.717) is 0 Å². The Hall–Kier alpha value is 0.0300.